The topological polar surface area (TPSA) is 75.3 Å². The second-order valence-corrected chi connectivity index (χ2v) is 7.57. The van der Waals surface area contributed by atoms with Gasteiger partial charge in [-0.2, -0.15) is 0 Å². The van der Waals surface area contributed by atoms with Gasteiger partial charge in [0.2, 0.25) is 10.0 Å². The van der Waals surface area contributed by atoms with Crippen LogP contribution in [0.15, 0.2) is 53.4 Å². The molecule has 0 aromatic heterocycles. The summed E-state index contributed by atoms with van der Waals surface area (Å²) in [6, 6.07) is 12.4. The lowest BCUT2D eigenvalue weighted by Crippen LogP contribution is -2.32. The average Bonchev–Trinajstić information content (AvgIpc) is 2.54. The maximum absolute atomic E-state index is 12.2. The predicted molar refractivity (Wildman–Crippen MR) is 95.9 cm³/mol. The average molecular weight is 367 g/mol. The third-order valence-electron chi connectivity index (χ3n) is 3.48. The maximum Gasteiger partial charge on any atom is 0.255 e. The van der Waals surface area contributed by atoms with Crippen LogP contribution >= 0.6 is 11.6 Å². The van der Waals surface area contributed by atoms with Crippen molar-refractivity contribution >= 4 is 33.2 Å². The summed E-state index contributed by atoms with van der Waals surface area (Å²) in [6.45, 7) is 3.70. The molecular formula is C17H19ClN2O3S. The van der Waals surface area contributed by atoms with Gasteiger partial charge in [0, 0.05) is 22.3 Å². The van der Waals surface area contributed by atoms with Crippen molar-refractivity contribution in [3.8, 4) is 0 Å². The standard InChI is InChI=1S/C17H19ClN2O3S/c1-3-12(2)20-24(22,23)16-9-7-13(8-10-16)17(21)19-15-6-4-5-14(18)11-15/h4-12,20H,3H2,1-2H3,(H,19,21). The first-order valence-electron chi connectivity index (χ1n) is 7.51. The predicted octanol–water partition coefficient (Wildman–Crippen LogP) is 3.67. The largest absolute Gasteiger partial charge is 0.322 e. The summed E-state index contributed by atoms with van der Waals surface area (Å²) >= 11 is 5.87. The Morgan fingerprint density at radius 3 is 2.42 bits per heavy atom. The van der Waals surface area contributed by atoms with Gasteiger partial charge >= 0.3 is 0 Å². The van der Waals surface area contributed by atoms with Crippen LogP contribution < -0.4 is 10.0 Å². The van der Waals surface area contributed by atoms with Gasteiger partial charge in [-0.25, -0.2) is 13.1 Å². The van der Waals surface area contributed by atoms with Gasteiger partial charge < -0.3 is 5.32 Å². The molecule has 7 heteroatoms. The molecule has 0 aliphatic carbocycles. The SMILES string of the molecule is CCC(C)NS(=O)(=O)c1ccc(C(=O)Nc2cccc(Cl)c2)cc1. The zero-order chi connectivity index (χ0) is 17.7. The molecule has 0 saturated carbocycles. The summed E-state index contributed by atoms with van der Waals surface area (Å²) < 4.78 is 26.9. The smallest absolute Gasteiger partial charge is 0.255 e. The molecule has 1 atom stereocenters. The number of carbonyl (C=O) groups is 1. The molecule has 24 heavy (non-hydrogen) atoms. The van der Waals surface area contributed by atoms with Crippen LogP contribution in [0.4, 0.5) is 5.69 Å². The number of carbonyl (C=O) groups excluding carboxylic acids is 1. The summed E-state index contributed by atoms with van der Waals surface area (Å²) in [5.74, 6) is -0.337. The first-order chi connectivity index (χ1) is 11.3. The van der Waals surface area contributed by atoms with E-state index in [1.54, 1.807) is 31.2 Å². The Balaban J connectivity index is 2.12. The molecule has 128 valence electrons. The van der Waals surface area contributed by atoms with Gasteiger partial charge in [0.15, 0.2) is 0 Å². The number of hydrogen-bond donors (Lipinski definition) is 2. The van der Waals surface area contributed by atoms with E-state index in [9.17, 15) is 13.2 Å². The van der Waals surface area contributed by atoms with Crippen LogP contribution in [0, 0.1) is 0 Å². The van der Waals surface area contributed by atoms with E-state index < -0.39 is 10.0 Å². The van der Waals surface area contributed by atoms with Crippen LogP contribution in [0.1, 0.15) is 30.6 Å². The van der Waals surface area contributed by atoms with Crippen molar-refractivity contribution in [2.24, 2.45) is 0 Å². The molecule has 0 radical (unpaired) electrons. The second kappa shape index (κ2) is 7.79. The van der Waals surface area contributed by atoms with Crippen LogP contribution in [0.2, 0.25) is 5.02 Å². The van der Waals surface area contributed by atoms with E-state index in [4.69, 9.17) is 11.6 Å². The molecule has 5 nitrogen and oxygen atoms in total. The molecule has 2 rings (SSSR count). The fourth-order valence-electron chi connectivity index (χ4n) is 1.97. The van der Waals surface area contributed by atoms with Gasteiger partial charge in [0.05, 0.1) is 4.90 Å². The third-order valence-corrected chi connectivity index (χ3v) is 5.32. The number of hydrogen-bond acceptors (Lipinski definition) is 3. The first kappa shape index (κ1) is 18.4. The third kappa shape index (κ3) is 4.80. The Bertz CT molecular complexity index is 820. The molecule has 2 aromatic carbocycles. The zero-order valence-corrected chi connectivity index (χ0v) is 15.0. The second-order valence-electron chi connectivity index (χ2n) is 5.42. The Morgan fingerprint density at radius 2 is 1.83 bits per heavy atom. The maximum atomic E-state index is 12.2. The molecule has 0 saturated heterocycles. The molecule has 2 aromatic rings. The highest BCUT2D eigenvalue weighted by Crippen LogP contribution is 2.17. The van der Waals surface area contributed by atoms with Crippen LogP contribution in [0.25, 0.3) is 0 Å². The van der Waals surface area contributed by atoms with Crippen molar-refractivity contribution in [3.63, 3.8) is 0 Å². The fourth-order valence-corrected chi connectivity index (χ4v) is 3.49. The number of sulfonamides is 1. The van der Waals surface area contributed by atoms with Crippen molar-refractivity contribution in [2.45, 2.75) is 31.2 Å². The molecule has 0 spiro atoms. The number of nitrogens with one attached hydrogen (secondary N) is 2. The monoisotopic (exact) mass is 366 g/mol. The Kier molecular flexibility index (Phi) is 5.99. The van der Waals surface area contributed by atoms with Gasteiger partial charge in [0.25, 0.3) is 5.91 Å². The van der Waals surface area contributed by atoms with E-state index in [1.165, 1.54) is 24.3 Å². The number of rotatable bonds is 6. The van der Waals surface area contributed by atoms with Crippen molar-refractivity contribution < 1.29 is 13.2 Å². The van der Waals surface area contributed by atoms with E-state index in [1.807, 2.05) is 6.92 Å². The van der Waals surface area contributed by atoms with Gasteiger partial charge in [-0.1, -0.05) is 24.6 Å². The molecule has 1 unspecified atom stereocenters. The number of amides is 1. The molecule has 2 N–H and O–H groups in total. The number of halogens is 1. The quantitative estimate of drug-likeness (QED) is 0.819. The minimum absolute atomic E-state index is 0.127. The van der Waals surface area contributed by atoms with Crippen molar-refractivity contribution in [1.82, 2.24) is 4.72 Å². The lowest BCUT2D eigenvalue weighted by Gasteiger charge is -2.12. The summed E-state index contributed by atoms with van der Waals surface area (Å²) in [5.41, 5.74) is 0.931. The Labute approximate surface area is 147 Å². The van der Waals surface area contributed by atoms with E-state index in [-0.39, 0.29) is 16.8 Å². The minimum atomic E-state index is -3.58. The molecule has 0 bridgehead atoms. The summed E-state index contributed by atoms with van der Waals surface area (Å²) in [6.07, 6.45) is 0.694. The summed E-state index contributed by atoms with van der Waals surface area (Å²) in [7, 11) is -3.58. The van der Waals surface area contributed by atoms with Crippen LogP contribution in [-0.4, -0.2) is 20.4 Å². The number of benzene rings is 2. The molecule has 0 heterocycles. The van der Waals surface area contributed by atoms with Gasteiger partial charge in [-0.3, -0.25) is 4.79 Å². The minimum Gasteiger partial charge on any atom is -0.322 e. The lowest BCUT2D eigenvalue weighted by atomic mass is 10.2. The van der Waals surface area contributed by atoms with E-state index >= 15 is 0 Å². The molecule has 0 aliphatic heterocycles. The molecule has 1 amide bonds. The first-order valence-corrected chi connectivity index (χ1v) is 9.37. The lowest BCUT2D eigenvalue weighted by molar-refractivity contribution is 0.102. The van der Waals surface area contributed by atoms with Gasteiger partial charge in [-0.15, -0.1) is 0 Å². The number of anilines is 1. The molecule has 0 fully saturated rings. The Morgan fingerprint density at radius 1 is 1.17 bits per heavy atom. The van der Waals surface area contributed by atoms with Crippen LogP contribution in [0.5, 0.6) is 0 Å². The summed E-state index contributed by atoms with van der Waals surface area (Å²) in [4.78, 5) is 12.3. The van der Waals surface area contributed by atoms with E-state index in [2.05, 4.69) is 10.0 Å². The normalized spacial score (nSPS) is 12.6. The van der Waals surface area contributed by atoms with Crippen molar-refractivity contribution in [3.05, 3.63) is 59.1 Å². The fraction of sp³-hybridized carbons (Fsp3) is 0.235. The molecular weight excluding hydrogens is 348 g/mol. The molecule has 0 aliphatic rings. The highest BCUT2D eigenvalue weighted by atomic mass is 35.5. The van der Waals surface area contributed by atoms with Gasteiger partial charge in [0.1, 0.15) is 0 Å². The van der Waals surface area contributed by atoms with Crippen LogP contribution in [0.3, 0.4) is 0 Å². The van der Waals surface area contributed by atoms with Gasteiger partial charge in [-0.05, 0) is 55.8 Å². The van der Waals surface area contributed by atoms with E-state index in [0.29, 0.717) is 22.7 Å². The Hall–Kier alpha value is -1.89. The summed E-state index contributed by atoms with van der Waals surface area (Å²) in [5, 5.41) is 3.23. The highest BCUT2D eigenvalue weighted by molar-refractivity contribution is 7.89. The van der Waals surface area contributed by atoms with Crippen molar-refractivity contribution in [2.75, 3.05) is 5.32 Å². The highest BCUT2D eigenvalue weighted by Gasteiger charge is 2.17. The van der Waals surface area contributed by atoms with Crippen LogP contribution in [-0.2, 0) is 10.0 Å². The van der Waals surface area contributed by atoms with Crippen molar-refractivity contribution in [1.29, 1.82) is 0 Å². The van der Waals surface area contributed by atoms with E-state index in [0.717, 1.165) is 0 Å². The zero-order valence-electron chi connectivity index (χ0n) is 13.4.